The van der Waals surface area contributed by atoms with Gasteiger partial charge < -0.3 is 30.5 Å². The van der Waals surface area contributed by atoms with Crippen LogP contribution in [0.25, 0.3) is 0 Å². The van der Waals surface area contributed by atoms with E-state index in [9.17, 15) is 39.6 Å². The predicted molar refractivity (Wildman–Crippen MR) is 171 cm³/mol. The smallest absolute Gasteiger partial charge is 0.348 e. The molecule has 0 bridgehead atoms. The van der Waals surface area contributed by atoms with Crippen LogP contribution < -0.4 is 5.32 Å². The van der Waals surface area contributed by atoms with Crippen LogP contribution in [0.5, 0.6) is 0 Å². The van der Waals surface area contributed by atoms with Crippen LogP contribution >= 0.6 is 11.6 Å². The van der Waals surface area contributed by atoms with Gasteiger partial charge in [-0.25, -0.2) is 9.59 Å². The number of ether oxygens (including phenoxy) is 1. The number of piperidine rings is 1. The van der Waals surface area contributed by atoms with Gasteiger partial charge in [-0.1, -0.05) is 90.5 Å². The lowest BCUT2D eigenvalue weighted by Crippen LogP contribution is -2.71. The largest absolute Gasteiger partial charge is 0.479 e. The number of benzene rings is 3. The van der Waals surface area contributed by atoms with E-state index in [0.717, 1.165) is 66.5 Å². The summed E-state index contributed by atoms with van der Waals surface area (Å²) in [6.45, 7) is 2.03. The lowest BCUT2D eigenvalue weighted by atomic mass is 9.73. The van der Waals surface area contributed by atoms with Crippen LogP contribution in [0, 0.1) is 0 Å². The molecule has 3 aromatic carbocycles. The maximum Gasteiger partial charge on any atom is 0.348 e. The van der Waals surface area contributed by atoms with Crippen molar-refractivity contribution < 1.29 is 44.3 Å². The molecule has 1 aliphatic heterocycles. The Morgan fingerprint density at radius 3 is 1.62 bits per heavy atom. The molecule has 11 nitrogen and oxygen atoms in total. The van der Waals surface area contributed by atoms with Gasteiger partial charge in [0.15, 0.2) is 0 Å². The topological polar surface area (TPSA) is 183 Å². The Bertz CT molecular complexity index is 1590. The van der Waals surface area contributed by atoms with Crippen LogP contribution in [-0.2, 0) is 14.3 Å². The minimum Gasteiger partial charge on any atom is -0.479 e. The number of nitrogens with one attached hydrogen (secondary N) is 1. The number of aliphatic carboxylic acids is 2. The van der Waals surface area contributed by atoms with Crippen LogP contribution in [-0.4, -0.2) is 79.3 Å². The molecule has 3 atom stereocenters. The summed E-state index contributed by atoms with van der Waals surface area (Å²) in [6.07, 6.45) is 4.03. The number of halogens is 1. The highest BCUT2D eigenvalue weighted by Crippen LogP contribution is 2.32. The van der Waals surface area contributed by atoms with Crippen molar-refractivity contribution in [3.63, 3.8) is 0 Å². The Labute approximate surface area is 275 Å². The lowest BCUT2D eigenvalue weighted by molar-refractivity contribution is -0.187. The van der Waals surface area contributed by atoms with Crippen molar-refractivity contribution in [2.45, 2.75) is 36.3 Å². The molecule has 0 amide bonds. The van der Waals surface area contributed by atoms with E-state index in [-0.39, 0.29) is 12.2 Å². The number of hydrogen-bond acceptors (Lipinski definition) is 9. The van der Waals surface area contributed by atoms with Crippen molar-refractivity contribution in [1.29, 1.82) is 0 Å². The summed E-state index contributed by atoms with van der Waals surface area (Å²) in [4.78, 5) is 53.0. The first kappa shape index (κ1) is 35.1. The van der Waals surface area contributed by atoms with Crippen molar-refractivity contribution in [3.05, 3.63) is 137 Å². The minimum absolute atomic E-state index is 0.133. The van der Waals surface area contributed by atoms with Crippen LogP contribution in [0.1, 0.15) is 50.9 Å². The third-order valence-electron chi connectivity index (χ3n) is 7.62. The molecular formula is C35H33ClN2O9. The molecule has 1 aliphatic rings. The zero-order valence-corrected chi connectivity index (χ0v) is 25.8. The van der Waals surface area contributed by atoms with Crippen LogP contribution in [0.3, 0.4) is 0 Å². The number of nitrogens with zero attached hydrogens (tertiary/aromatic N) is 1. The van der Waals surface area contributed by atoms with Gasteiger partial charge in [-0.05, 0) is 55.8 Å². The molecule has 0 aliphatic carbocycles. The summed E-state index contributed by atoms with van der Waals surface area (Å²) in [5.74, 6) is -8.03. The third kappa shape index (κ3) is 7.79. The highest BCUT2D eigenvalue weighted by molar-refractivity contribution is 6.30. The Balaban J connectivity index is 0.000000217. The van der Waals surface area contributed by atoms with Gasteiger partial charge in [0.05, 0.1) is 11.8 Å². The Hall–Kier alpha value is -4.78. The first-order valence-corrected chi connectivity index (χ1v) is 15.0. The monoisotopic (exact) mass is 660 g/mol. The second-order valence-corrected chi connectivity index (χ2v) is 11.1. The fourth-order valence-corrected chi connectivity index (χ4v) is 5.17. The molecule has 244 valence electrons. The highest BCUT2D eigenvalue weighted by Gasteiger charge is 2.69. The van der Waals surface area contributed by atoms with E-state index in [1.165, 1.54) is 36.4 Å². The molecule has 47 heavy (non-hydrogen) atoms. The van der Waals surface area contributed by atoms with Gasteiger partial charge in [0.1, 0.15) is 6.10 Å². The SMILES string of the molecule is Clc1ccc([C@H](OC2CCNCC2)c2ccccn2)cc1.O=C(O)C(O)(C(=O)c1ccccc1)C(O)(C(=O)O)C(=O)c1ccccc1. The molecule has 5 N–H and O–H groups in total. The van der Waals surface area contributed by atoms with Gasteiger partial charge in [-0.15, -0.1) is 0 Å². The predicted octanol–water partition coefficient (Wildman–Crippen LogP) is 3.98. The molecule has 12 heteroatoms. The third-order valence-corrected chi connectivity index (χ3v) is 7.87. The zero-order valence-electron chi connectivity index (χ0n) is 25.0. The summed E-state index contributed by atoms with van der Waals surface area (Å²) < 4.78 is 6.36. The molecule has 0 saturated carbocycles. The van der Waals surface area contributed by atoms with Crippen molar-refractivity contribution >= 4 is 35.1 Å². The Kier molecular flexibility index (Phi) is 11.7. The first-order valence-electron chi connectivity index (χ1n) is 14.6. The number of Topliss-reactive ketones (excluding diaryl/α,β-unsaturated/α-hetero) is 2. The van der Waals surface area contributed by atoms with E-state index in [2.05, 4.69) is 10.3 Å². The minimum atomic E-state index is -3.95. The Morgan fingerprint density at radius 2 is 1.19 bits per heavy atom. The maximum absolute atomic E-state index is 12.6. The number of ketones is 2. The number of aromatic nitrogens is 1. The molecule has 5 rings (SSSR count). The average molecular weight is 661 g/mol. The van der Waals surface area contributed by atoms with E-state index in [0.29, 0.717) is 0 Å². The Morgan fingerprint density at radius 1 is 0.723 bits per heavy atom. The molecule has 1 aromatic heterocycles. The van der Waals surface area contributed by atoms with Gasteiger partial charge in [0.25, 0.3) is 11.2 Å². The van der Waals surface area contributed by atoms with E-state index in [1.807, 2.05) is 48.7 Å². The molecule has 1 saturated heterocycles. The van der Waals surface area contributed by atoms with Crippen molar-refractivity contribution in [2.75, 3.05) is 13.1 Å². The van der Waals surface area contributed by atoms with Gasteiger partial charge in [-0.3, -0.25) is 14.6 Å². The first-order chi connectivity index (χ1) is 22.5. The fraction of sp³-hybridized carbons (Fsp3) is 0.229. The van der Waals surface area contributed by atoms with E-state index < -0.39 is 45.8 Å². The van der Waals surface area contributed by atoms with E-state index in [4.69, 9.17) is 16.3 Å². The standard InChI is InChI=1S/C18H14O8.C17H19ClN2O/c19-13(11-7-3-1-4-8-11)17(25,15(21)22)18(26,16(23)24)14(20)12-9-5-2-6-10-12;18-14-6-4-13(5-7-14)17(16-3-1-2-10-20-16)21-15-8-11-19-12-9-15/h1-10,25-26H,(H,21,22)(H,23,24);1-7,10,15,17,19H,8-9,11-12H2/t;17-/m.0/s1. The van der Waals surface area contributed by atoms with Gasteiger partial charge in [0, 0.05) is 22.3 Å². The summed E-state index contributed by atoms with van der Waals surface area (Å²) in [6, 6.07) is 26.6. The van der Waals surface area contributed by atoms with Gasteiger partial charge >= 0.3 is 11.9 Å². The summed E-state index contributed by atoms with van der Waals surface area (Å²) >= 11 is 5.99. The number of carboxylic acid groups (broad SMARTS) is 2. The molecular weight excluding hydrogens is 628 g/mol. The lowest BCUT2D eigenvalue weighted by Gasteiger charge is -2.34. The van der Waals surface area contributed by atoms with Crippen LogP contribution in [0.2, 0.25) is 5.02 Å². The van der Waals surface area contributed by atoms with Crippen LogP contribution in [0.15, 0.2) is 109 Å². The number of aliphatic hydroxyl groups is 2. The number of carbonyl (C=O) groups is 4. The average Bonchev–Trinajstić information content (AvgIpc) is 3.11. The normalized spacial score (nSPS) is 16.3. The van der Waals surface area contributed by atoms with Gasteiger partial charge in [0.2, 0.25) is 11.6 Å². The van der Waals surface area contributed by atoms with Crippen LogP contribution in [0.4, 0.5) is 0 Å². The second kappa shape index (κ2) is 15.7. The van der Waals surface area contributed by atoms with Crippen molar-refractivity contribution in [1.82, 2.24) is 10.3 Å². The van der Waals surface area contributed by atoms with E-state index >= 15 is 0 Å². The summed E-state index contributed by atoms with van der Waals surface area (Å²) in [5, 5.41) is 44.0. The molecule has 2 heterocycles. The van der Waals surface area contributed by atoms with Gasteiger partial charge in [-0.2, -0.15) is 0 Å². The van der Waals surface area contributed by atoms with Crippen molar-refractivity contribution in [3.8, 4) is 0 Å². The molecule has 0 radical (unpaired) electrons. The number of pyridine rings is 1. The quantitative estimate of drug-likeness (QED) is 0.116. The summed E-state index contributed by atoms with van der Waals surface area (Å²) in [7, 11) is 0. The van der Waals surface area contributed by atoms with Crippen molar-refractivity contribution in [2.24, 2.45) is 0 Å². The number of hydrogen-bond donors (Lipinski definition) is 5. The number of carbonyl (C=O) groups excluding carboxylic acids is 2. The fourth-order valence-electron chi connectivity index (χ4n) is 5.04. The maximum atomic E-state index is 12.6. The molecule has 4 aromatic rings. The highest BCUT2D eigenvalue weighted by atomic mass is 35.5. The molecule has 1 fully saturated rings. The number of carboxylic acids is 2. The zero-order chi connectivity index (χ0) is 34.0. The molecule has 2 unspecified atom stereocenters. The summed E-state index contributed by atoms with van der Waals surface area (Å²) in [5.41, 5.74) is -6.65. The molecule has 0 spiro atoms. The van der Waals surface area contributed by atoms with E-state index in [1.54, 1.807) is 0 Å². The number of rotatable bonds is 11. The second-order valence-electron chi connectivity index (χ2n) is 10.7.